The Labute approximate surface area is 136 Å². The molecule has 2 rings (SSSR count). The minimum atomic E-state index is -3.12. The summed E-state index contributed by atoms with van der Waals surface area (Å²) in [6.07, 6.45) is 0. The van der Waals surface area contributed by atoms with Gasteiger partial charge in [-0.25, -0.2) is 4.39 Å². The van der Waals surface area contributed by atoms with Crippen molar-refractivity contribution in [2.75, 3.05) is 6.56 Å². The Morgan fingerprint density at radius 3 is 2.57 bits per heavy atom. The van der Waals surface area contributed by atoms with Crippen LogP contribution in [0.5, 0.6) is 5.75 Å². The number of hydrogen-bond acceptors (Lipinski definition) is 3. The van der Waals surface area contributed by atoms with E-state index in [4.69, 9.17) is 23.6 Å². The standard InChI is InChI=1S/C16H24BFO3/c1-11(2)10-19-14-8-12(7-13(18)9-14)17-20-15(3,4)16(5,6)21-17/h7-9,11H,10H2,1-6H3/i1D,2D3,10D2,11D. The van der Waals surface area contributed by atoms with Gasteiger partial charge in [0.1, 0.15) is 11.6 Å². The maximum atomic E-state index is 14.1. The summed E-state index contributed by atoms with van der Waals surface area (Å²) in [4.78, 5) is 0. The SMILES string of the molecule is [2H]CC([2H])(C([2H])([2H])[2H])C([2H])([2H])Oc1cc(F)cc(B2OC(C)(C)C(C)(C)O2)c1. The third kappa shape index (κ3) is 3.58. The minimum absolute atomic E-state index is 0.222. The fourth-order valence-corrected chi connectivity index (χ4v) is 1.88. The largest absolute Gasteiger partial charge is 0.495 e. The van der Waals surface area contributed by atoms with Crippen molar-refractivity contribution in [2.45, 2.75) is 52.6 Å². The average Bonchev–Trinajstić information content (AvgIpc) is 2.72. The first-order valence-electron chi connectivity index (χ1n) is 10.3. The van der Waals surface area contributed by atoms with E-state index in [0.29, 0.717) is 0 Å². The van der Waals surface area contributed by atoms with Gasteiger partial charge >= 0.3 is 7.12 Å². The first-order chi connectivity index (χ1) is 12.5. The summed E-state index contributed by atoms with van der Waals surface area (Å²) < 4.78 is 84.3. The molecule has 0 radical (unpaired) electrons. The van der Waals surface area contributed by atoms with Gasteiger partial charge in [0, 0.05) is 12.9 Å². The van der Waals surface area contributed by atoms with Crippen LogP contribution in [-0.2, 0) is 9.31 Å². The molecule has 1 aromatic rings. The highest BCUT2D eigenvalue weighted by atomic mass is 19.1. The summed E-state index contributed by atoms with van der Waals surface area (Å²) in [6, 6.07) is 3.29. The zero-order chi connectivity index (χ0) is 21.8. The topological polar surface area (TPSA) is 27.7 Å². The second-order valence-corrected chi connectivity index (χ2v) is 5.99. The van der Waals surface area contributed by atoms with Crippen molar-refractivity contribution in [1.82, 2.24) is 0 Å². The molecule has 0 amide bonds. The molecule has 1 saturated heterocycles. The van der Waals surface area contributed by atoms with Gasteiger partial charge in [-0.15, -0.1) is 0 Å². The lowest BCUT2D eigenvalue weighted by atomic mass is 9.79. The van der Waals surface area contributed by atoms with E-state index in [1.165, 1.54) is 6.07 Å². The first-order valence-corrected chi connectivity index (χ1v) is 6.60. The van der Waals surface area contributed by atoms with E-state index in [1.54, 1.807) is 0 Å². The first kappa shape index (κ1) is 9.16. The molecule has 3 nitrogen and oxygen atoms in total. The van der Waals surface area contributed by atoms with E-state index in [1.807, 2.05) is 27.7 Å². The van der Waals surface area contributed by atoms with Gasteiger partial charge in [-0.05, 0) is 51.2 Å². The summed E-state index contributed by atoms with van der Waals surface area (Å²) in [5.74, 6) is -3.96. The molecule has 0 aliphatic carbocycles. The van der Waals surface area contributed by atoms with Crippen LogP contribution in [-0.4, -0.2) is 24.9 Å². The van der Waals surface area contributed by atoms with Crippen LogP contribution in [0.3, 0.4) is 0 Å². The predicted molar refractivity (Wildman–Crippen MR) is 82.4 cm³/mol. The van der Waals surface area contributed by atoms with Crippen molar-refractivity contribution in [3.63, 3.8) is 0 Å². The third-order valence-electron chi connectivity index (χ3n) is 3.71. The van der Waals surface area contributed by atoms with Crippen LogP contribution in [0.4, 0.5) is 4.39 Å². The Kier molecular flexibility index (Phi) is 2.45. The molecule has 5 heteroatoms. The van der Waals surface area contributed by atoms with Gasteiger partial charge in [0.05, 0.1) is 20.5 Å². The van der Waals surface area contributed by atoms with Gasteiger partial charge in [-0.2, -0.15) is 0 Å². The third-order valence-corrected chi connectivity index (χ3v) is 3.71. The van der Waals surface area contributed by atoms with Gasteiger partial charge in [0.2, 0.25) is 0 Å². The summed E-state index contributed by atoms with van der Waals surface area (Å²) in [6.45, 7) is 0.00246. The Morgan fingerprint density at radius 2 is 2.00 bits per heavy atom. The van der Waals surface area contributed by atoms with E-state index >= 15 is 0 Å². The highest BCUT2D eigenvalue weighted by molar-refractivity contribution is 6.62. The van der Waals surface area contributed by atoms with Crippen molar-refractivity contribution >= 4 is 12.6 Å². The van der Waals surface area contributed by atoms with Crippen molar-refractivity contribution < 1.29 is 28.0 Å². The molecule has 1 atom stereocenters. The monoisotopic (exact) mass is 301 g/mol. The average molecular weight is 301 g/mol. The van der Waals surface area contributed by atoms with Crippen molar-refractivity contribution in [1.29, 1.82) is 0 Å². The van der Waals surface area contributed by atoms with Gasteiger partial charge in [-0.3, -0.25) is 0 Å². The lowest BCUT2D eigenvalue weighted by molar-refractivity contribution is 0.00578. The maximum absolute atomic E-state index is 14.1. The lowest BCUT2D eigenvalue weighted by Gasteiger charge is -2.32. The Balaban J connectivity index is 2.37. The quantitative estimate of drug-likeness (QED) is 0.800. The summed E-state index contributed by atoms with van der Waals surface area (Å²) >= 11 is 0. The predicted octanol–water partition coefficient (Wildman–Crippen LogP) is 3.16. The Morgan fingerprint density at radius 1 is 1.33 bits per heavy atom. The summed E-state index contributed by atoms with van der Waals surface area (Å²) in [5, 5.41) is 0. The smallest absolute Gasteiger partial charge is 0.493 e. The van der Waals surface area contributed by atoms with Gasteiger partial charge in [0.15, 0.2) is 0 Å². The molecule has 0 saturated carbocycles. The molecule has 1 fully saturated rings. The van der Waals surface area contributed by atoms with Crippen molar-refractivity contribution in [3.8, 4) is 5.75 Å². The number of hydrogen-bond donors (Lipinski definition) is 0. The van der Waals surface area contributed by atoms with Crippen LogP contribution in [0, 0.1) is 11.7 Å². The van der Waals surface area contributed by atoms with E-state index in [9.17, 15) is 4.39 Å². The molecule has 21 heavy (non-hydrogen) atoms. The van der Waals surface area contributed by atoms with E-state index in [2.05, 4.69) is 0 Å². The number of benzene rings is 1. The highest BCUT2D eigenvalue weighted by Crippen LogP contribution is 2.36. The van der Waals surface area contributed by atoms with Gasteiger partial charge < -0.3 is 14.0 Å². The van der Waals surface area contributed by atoms with Crippen LogP contribution in [0.25, 0.3) is 0 Å². The van der Waals surface area contributed by atoms with Crippen LogP contribution < -0.4 is 10.2 Å². The fraction of sp³-hybridized carbons (Fsp3) is 0.625. The van der Waals surface area contributed by atoms with Crippen LogP contribution >= 0.6 is 0 Å². The van der Waals surface area contributed by atoms with E-state index in [-0.39, 0.29) is 11.2 Å². The molecule has 0 aromatic heterocycles. The van der Waals surface area contributed by atoms with Crippen LogP contribution in [0.15, 0.2) is 18.2 Å². The molecule has 0 N–H and O–H groups in total. The Hall–Kier alpha value is -1.07. The lowest BCUT2D eigenvalue weighted by Crippen LogP contribution is -2.41. The second-order valence-electron chi connectivity index (χ2n) is 5.99. The molecule has 1 unspecified atom stereocenters. The Bertz CT molecular complexity index is 725. The molecule has 1 aliphatic heterocycles. The zero-order valence-corrected chi connectivity index (χ0v) is 12.6. The van der Waals surface area contributed by atoms with Crippen LogP contribution in [0.2, 0.25) is 0 Å². The van der Waals surface area contributed by atoms with E-state index in [0.717, 1.165) is 12.1 Å². The zero-order valence-electron chi connectivity index (χ0n) is 19.6. The summed E-state index contributed by atoms with van der Waals surface area (Å²) in [7, 11) is -0.937. The summed E-state index contributed by atoms with van der Waals surface area (Å²) in [5.41, 5.74) is -1.13. The normalized spacial score (nSPS) is 29.0. The van der Waals surface area contributed by atoms with E-state index < -0.39 is 50.3 Å². The molecule has 1 aliphatic rings. The molecule has 1 heterocycles. The highest BCUT2D eigenvalue weighted by Gasteiger charge is 2.51. The molecule has 116 valence electrons. The molecular weight excluding hydrogens is 270 g/mol. The van der Waals surface area contributed by atoms with Crippen molar-refractivity contribution in [3.05, 3.63) is 24.0 Å². The molecular formula is C16H24BFO3. The second kappa shape index (κ2) is 5.62. The number of rotatable bonds is 4. The maximum Gasteiger partial charge on any atom is 0.495 e. The molecule has 0 spiro atoms. The van der Waals surface area contributed by atoms with Gasteiger partial charge in [-0.1, -0.05) is 13.8 Å². The molecule has 1 aromatic carbocycles. The number of halogens is 1. The molecule has 0 bridgehead atoms. The van der Waals surface area contributed by atoms with Crippen molar-refractivity contribution in [2.24, 2.45) is 5.89 Å². The van der Waals surface area contributed by atoms with Crippen LogP contribution in [0.1, 0.15) is 51.0 Å². The minimum Gasteiger partial charge on any atom is -0.493 e. The number of ether oxygens (including phenoxy) is 1. The fourth-order valence-electron chi connectivity index (χ4n) is 1.88. The van der Waals surface area contributed by atoms with Gasteiger partial charge in [0.25, 0.3) is 0 Å².